The molecule has 0 amide bonds. The first-order valence-corrected chi connectivity index (χ1v) is 8.83. The number of carbonyl (C=O) groups is 1. The van der Waals surface area contributed by atoms with Gasteiger partial charge in [-0.25, -0.2) is 4.79 Å². The highest BCUT2D eigenvalue weighted by atomic mass is 16.8. The minimum Gasteiger partial charge on any atom is -0.453 e. The number of hydrogen-bond donors (Lipinski definition) is 0. The summed E-state index contributed by atoms with van der Waals surface area (Å²) >= 11 is 0. The maximum absolute atomic E-state index is 12.6. The molecule has 3 aliphatic heterocycles. The van der Waals surface area contributed by atoms with Crippen LogP contribution in [-0.2, 0) is 28.4 Å². The summed E-state index contributed by atoms with van der Waals surface area (Å²) in [7, 11) is 0. The highest BCUT2D eigenvalue weighted by Crippen LogP contribution is 2.42. The Labute approximate surface area is 152 Å². The highest BCUT2D eigenvalue weighted by Gasteiger charge is 2.60. The second-order valence-corrected chi connectivity index (χ2v) is 7.67. The van der Waals surface area contributed by atoms with Gasteiger partial charge < -0.3 is 28.4 Å². The van der Waals surface area contributed by atoms with E-state index in [4.69, 9.17) is 28.4 Å². The fourth-order valence-corrected chi connectivity index (χ4v) is 3.58. The third-order valence-electron chi connectivity index (χ3n) is 4.68. The van der Waals surface area contributed by atoms with Crippen molar-refractivity contribution in [3.8, 4) is 0 Å². The molecule has 0 aromatic heterocycles. The van der Waals surface area contributed by atoms with Crippen LogP contribution in [0.1, 0.15) is 38.1 Å². The van der Waals surface area contributed by atoms with Crippen molar-refractivity contribution < 1.29 is 33.2 Å². The van der Waals surface area contributed by atoms with Crippen molar-refractivity contribution in [2.24, 2.45) is 0 Å². The lowest BCUT2D eigenvalue weighted by atomic mass is 10.1. The largest absolute Gasteiger partial charge is 0.453 e. The molecule has 7 heteroatoms. The van der Waals surface area contributed by atoms with Crippen molar-refractivity contribution >= 4 is 5.97 Å². The molecular formula is C19H24O7. The molecule has 3 aliphatic rings. The van der Waals surface area contributed by atoms with Gasteiger partial charge in [0.2, 0.25) is 0 Å². The topological polar surface area (TPSA) is 72.5 Å². The highest BCUT2D eigenvalue weighted by molar-refractivity contribution is 5.89. The molecule has 0 aliphatic carbocycles. The van der Waals surface area contributed by atoms with Gasteiger partial charge in [-0.2, -0.15) is 0 Å². The van der Waals surface area contributed by atoms with E-state index in [0.717, 1.165) is 0 Å². The zero-order chi connectivity index (χ0) is 18.5. The van der Waals surface area contributed by atoms with Crippen LogP contribution in [0.4, 0.5) is 0 Å². The molecule has 7 nitrogen and oxygen atoms in total. The fourth-order valence-electron chi connectivity index (χ4n) is 3.58. The summed E-state index contributed by atoms with van der Waals surface area (Å²) in [5.74, 6) is -1.94. The maximum Gasteiger partial charge on any atom is 0.338 e. The van der Waals surface area contributed by atoms with Gasteiger partial charge >= 0.3 is 5.97 Å². The Morgan fingerprint density at radius 3 is 2.38 bits per heavy atom. The van der Waals surface area contributed by atoms with Crippen molar-refractivity contribution in [2.45, 2.75) is 70.0 Å². The number of esters is 1. The van der Waals surface area contributed by atoms with E-state index < -0.39 is 42.1 Å². The first-order valence-electron chi connectivity index (χ1n) is 8.83. The van der Waals surface area contributed by atoms with Gasteiger partial charge in [0.25, 0.3) is 0 Å². The van der Waals surface area contributed by atoms with Gasteiger partial charge in [0.1, 0.15) is 12.2 Å². The Morgan fingerprint density at radius 1 is 1.00 bits per heavy atom. The lowest BCUT2D eigenvalue weighted by Gasteiger charge is -2.28. The molecule has 3 saturated heterocycles. The standard InChI is InChI=1S/C19H24O7/c1-18(2)21-10-12(24-18)13-14(15-17(23-13)26-19(3,4)25-15)22-16(20)11-8-6-5-7-9-11/h5-9,12-15,17H,10H2,1-4H3/t12-,13-,14-,15-,17-/m1/s1. The average Bonchev–Trinajstić information content (AvgIpc) is 3.18. The van der Waals surface area contributed by atoms with Crippen molar-refractivity contribution in [3.05, 3.63) is 35.9 Å². The molecule has 26 heavy (non-hydrogen) atoms. The van der Waals surface area contributed by atoms with Crippen LogP contribution >= 0.6 is 0 Å². The van der Waals surface area contributed by atoms with Gasteiger partial charge in [-0.3, -0.25) is 0 Å². The van der Waals surface area contributed by atoms with Crippen LogP contribution in [-0.4, -0.2) is 54.9 Å². The first kappa shape index (κ1) is 17.9. The smallest absolute Gasteiger partial charge is 0.338 e. The summed E-state index contributed by atoms with van der Waals surface area (Å²) in [5.41, 5.74) is 0.469. The molecule has 142 valence electrons. The number of rotatable bonds is 3. The van der Waals surface area contributed by atoms with Gasteiger partial charge in [-0.1, -0.05) is 18.2 Å². The fraction of sp³-hybridized carbons (Fsp3) is 0.632. The number of hydrogen-bond acceptors (Lipinski definition) is 7. The first-order chi connectivity index (χ1) is 12.2. The van der Waals surface area contributed by atoms with E-state index in [2.05, 4.69) is 0 Å². The van der Waals surface area contributed by atoms with Crippen molar-refractivity contribution in [3.63, 3.8) is 0 Å². The number of ether oxygens (including phenoxy) is 6. The molecule has 3 fully saturated rings. The SMILES string of the molecule is CC1(C)O[C@H]2O[C@H]([C@H]3COC(C)(C)O3)[C@@H](OC(=O)c3ccccc3)[C@H]2O1. The third-order valence-corrected chi connectivity index (χ3v) is 4.68. The van der Waals surface area contributed by atoms with E-state index in [0.29, 0.717) is 12.2 Å². The van der Waals surface area contributed by atoms with E-state index in [1.807, 2.05) is 19.9 Å². The van der Waals surface area contributed by atoms with Crippen molar-refractivity contribution in [1.29, 1.82) is 0 Å². The maximum atomic E-state index is 12.6. The summed E-state index contributed by atoms with van der Waals surface area (Å²) in [6.07, 6.45) is -2.70. The van der Waals surface area contributed by atoms with E-state index in [1.54, 1.807) is 38.1 Å². The van der Waals surface area contributed by atoms with Crippen LogP contribution in [0.2, 0.25) is 0 Å². The minimum atomic E-state index is -0.802. The normalized spacial score (nSPS) is 37.5. The van der Waals surface area contributed by atoms with Crippen molar-refractivity contribution in [1.82, 2.24) is 0 Å². The molecular weight excluding hydrogens is 340 g/mol. The zero-order valence-corrected chi connectivity index (χ0v) is 15.3. The zero-order valence-electron chi connectivity index (χ0n) is 15.3. The van der Waals surface area contributed by atoms with Crippen LogP contribution < -0.4 is 0 Å². The third kappa shape index (κ3) is 3.37. The monoisotopic (exact) mass is 364 g/mol. The van der Waals surface area contributed by atoms with Crippen LogP contribution in [0.5, 0.6) is 0 Å². The van der Waals surface area contributed by atoms with E-state index in [-0.39, 0.29) is 6.10 Å². The Morgan fingerprint density at radius 2 is 1.73 bits per heavy atom. The molecule has 0 bridgehead atoms. The predicted molar refractivity (Wildman–Crippen MR) is 89.2 cm³/mol. The Hall–Kier alpha value is -1.51. The van der Waals surface area contributed by atoms with Gasteiger partial charge in [-0.05, 0) is 39.8 Å². The Bertz CT molecular complexity index is 672. The summed E-state index contributed by atoms with van der Waals surface area (Å²) < 4.78 is 35.1. The molecule has 0 radical (unpaired) electrons. The van der Waals surface area contributed by atoms with Crippen LogP contribution in [0.15, 0.2) is 30.3 Å². The molecule has 1 aromatic carbocycles. The van der Waals surface area contributed by atoms with Gasteiger partial charge in [0, 0.05) is 0 Å². The van der Waals surface area contributed by atoms with Gasteiger partial charge in [0.05, 0.1) is 12.2 Å². The van der Waals surface area contributed by atoms with Crippen LogP contribution in [0.25, 0.3) is 0 Å². The average molecular weight is 364 g/mol. The summed E-state index contributed by atoms with van der Waals surface area (Å²) in [6, 6.07) is 8.84. The second kappa shape index (κ2) is 6.28. The molecule has 1 aromatic rings. The van der Waals surface area contributed by atoms with E-state index >= 15 is 0 Å². The van der Waals surface area contributed by atoms with Gasteiger partial charge in [0.15, 0.2) is 30.1 Å². The predicted octanol–water partition coefficient (Wildman–Crippen LogP) is 2.24. The molecule has 0 unspecified atom stereocenters. The van der Waals surface area contributed by atoms with E-state index in [1.165, 1.54) is 0 Å². The van der Waals surface area contributed by atoms with E-state index in [9.17, 15) is 4.79 Å². The molecule has 0 spiro atoms. The molecule has 5 atom stereocenters. The number of benzene rings is 1. The second-order valence-electron chi connectivity index (χ2n) is 7.67. The number of carbonyl (C=O) groups excluding carboxylic acids is 1. The van der Waals surface area contributed by atoms with Crippen LogP contribution in [0.3, 0.4) is 0 Å². The minimum absolute atomic E-state index is 0.347. The summed E-state index contributed by atoms with van der Waals surface area (Å²) in [6.45, 7) is 7.63. The Balaban J connectivity index is 1.55. The number of fused-ring (bicyclic) bond motifs is 1. The Kier molecular flexibility index (Phi) is 4.32. The van der Waals surface area contributed by atoms with Gasteiger partial charge in [-0.15, -0.1) is 0 Å². The molecule has 3 heterocycles. The lowest BCUT2D eigenvalue weighted by molar-refractivity contribution is -0.232. The molecule has 0 saturated carbocycles. The summed E-state index contributed by atoms with van der Waals surface area (Å²) in [5, 5.41) is 0. The van der Waals surface area contributed by atoms with Crippen molar-refractivity contribution in [2.75, 3.05) is 6.61 Å². The lowest BCUT2D eigenvalue weighted by Crippen LogP contribution is -2.45. The summed E-state index contributed by atoms with van der Waals surface area (Å²) in [4.78, 5) is 12.6. The van der Waals surface area contributed by atoms with Crippen LogP contribution in [0, 0.1) is 0 Å². The molecule has 4 rings (SSSR count). The molecule has 0 N–H and O–H groups in total. The quantitative estimate of drug-likeness (QED) is 0.762.